The fourth-order valence-corrected chi connectivity index (χ4v) is 4.11. The number of carbonyl (C=O) groups excluding carboxylic acids is 1. The van der Waals surface area contributed by atoms with Crippen LogP contribution in [0.5, 0.6) is 5.75 Å². The number of nitriles is 1. The summed E-state index contributed by atoms with van der Waals surface area (Å²) in [6.45, 7) is 3.50. The summed E-state index contributed by atoms with van der Waals surface area (Å²) >= 11 is 0. The Bertz CT molecular complexity index is 1420. The van der Waals surface area contributed by atoms with Gasteiger partial charge < -0.3 is 10.5 Å². The van der Waals surface area contributed by atoms with Gasteiger partial charge in [-0.2, -0.15) is 5.26 Å². The van der Waals surface area contributed by atoms with E-state index in [9.17, 15) is 13.6 Å². The Kier molecular flexibility index (Phi) is 6.90. The van der Waals surface area contributed by atoms with E-state index in [-0.39, 0.29) is 36.8 Å². The topological polar surface area (TPSA) is 93.4 Å². The van der Waals surface area contributed by atoms with E-state index in [4.69, 9.17) is 15.7 Å². The summed E-state index contributed by atoms with van der Waals surface area (Å²) in [6.07, 6.45) is 1.93. The molecule has 6 nitrogen and oxygen atoms in total. The molecule has 2 aromatic heterocycles. The number of rotatable bonds is 8. The monoisotopic (exact) mass is 474 g/mol. The molecule has 8 heteroatoms. The largest absolute Gasteiger partial charge is 0.485 e. The van der Waals surface area contributed by atoms with Crippen LogP contribution >= 0.6 is 0 Å². The third-order valence-corrected chi connectivity index (χ3v) is 5.92. The van der Waals surface area contributed by atoms with Crippen LogP contribution in [0.4, 0.5) is 8.78 Å². The van der Waals surface area contributed by atoms with Gasteiger partial charge >= 0.3 is 0 Å². The van der Waals surface area contributed by atoms with Crippen molar-refractivity contribution in [1.29, 1.82) is 5.26 Å². The minimum atomic E-state index is -0.695. The Balaban J connectivity index is 1.64. The third-order valence-electron chi connectivity index (χ3n) is 5.92. The van der Waals surface area contributed by atoms with E-state index in [1.807, 2.05) is 19.1 Å². The van der Waals surface area contributed by atoms with Gasteiger partial charge in [0, 0.05) is 18.5 Å². The number of fused-ring (bicyclic) bond motifs is 1. The van der Waals surface area contributed by atoms with Crippen molar-refractivity contribution in [3.05, 3.63) is 100 Å². The number of aromatic nitrogens is 2. The van der Waals surface area contributed by atoms with Crippen LogP contribution in [0.3, 0.4) is 0 Å². The van der Waals surface area contributed by atoms with E-state index in [0.717, 1.165) is 11.1 Å². The molecule has 1 atom stereocenters. The molecule has 0 aliphatic rings. The highest BCUT2D eigenvalue weighted by Crippen LogP contribution is 2.28. The van der Waals surface area contributed by atoms with Crippen molar-refractivity contribution in [2.75, 3.05) is 6.54 Å². The molecule has 0 bridgehead atoms. The van der Waals surface area contributed by atoms with Crippen LogP contribution in [0.25, 0.3) is 5.65 Å². The van der Waals surface area contributed by atoms with Crippen molar-refractivity contribution in [2.24, 2.45) is 5.73 Å². The molecule has 0 saturated heterocycles. The standard InChI is InChI=1S/C27H24F2N4O2/c1-16-10-25(35-15-21-22(28)4-3-5-23(21)29)27-32-17(2)26(33(27)14-16)24(34)11-20(13-31)19-8-6-18(12-30)7-9-19/h3-10,14,20H,11,13,15,31H2,1-2H3. The number of hydrogen-bond donors (Lipinski definition) is 1. The van der Waals surface area contributed by atoms with Crippen LogP contribution < -0.4 is 10.5 Å². The van der Waals surface area contributed by atoms with Gasteiger partial charge in [0.1, 0.15) is 23.9 Å². The first-order chi connectivity index (χ1) is 16.8. The lowest BCUT2D eigenvalue weighted by Crippen LogP contribution is -2.18. The van der Waals surface area contributed by atoms with Gasteiger partial charge in [0.2, 0.25) is 0 Å². The average molecular weight is 475 g/mol. The molecule has 4 rings (SSSR count). The van der Waals surface area contributed by atoms with Gasteiger partial charge in [-0.25, -0.2) is 13.8 Å². The SMILES string of the molecule is Cc1cc(OCc2c(F)cccc2F)c2nc(C)c(C(=O)CC(CN)c3ccc(C#N)cc3)n2c1. The molecule has 0 amide bonds. The number of benzene rings is 2. The zero-order valence-electron chi connectivity index (χ0n) is 19.4. The maximum absolute atomic E-state index is 14.0. The predicted molar refractivity (Wildman–Crippen MR) is 127 cm³/mol. The highest BCUT2D eigenvalue weighted by atomic mass is 19.1. The number of aryl methyl sites for hydroxylation is 2. The van der Waals surface area contributed by atoms with Crippen LogP contribution in [-0.4, -0.2) is 21.7 Å². The van der Waals surface area contributed by atoms with Crippen LogP contribution in [0.1, 0.15) is 50.8 Å². The molecule has 0 aliphatic carbocycles. The molecule has 0 saturated carbocycles. The van der Waals surface area contributed by atoms with E-state index < -0.39 is 11.6 Å². The molecule has 0 spiro atoms. The van der Waals surface area contributed by atoms with Crippen molar-refractivity contribution < 1.29 is 18.3 Å². The molecule has 35 heavy (non-hydrogen) atoms. The Morgan fingerprint density at radius 3 is 2.49 bits per heavy atom. The van der Waals surface area contributed by atoms with Gasteiger partial charge in [0.15, 0.2) is 17.2 Å². The minimum absolute atomic E-state index is 0.147. The summed E-state index contributed by atoms with van der Waals surface area (Å²) < 4.78 is 35.5. The smallest absolute Gasteiger partial charge is 0.182 e. The number of nitrogens with zero attached hydrogens (tertiary/aromatic N) is 3. The molecular weight excluding hydrogens is 450 g/mol. The maximum Gasteiger partial charge on any atom is 0.182 e. The highest BCUT2D eigenvalue weighted by Gasteiger charge is 2.23. The number of hydrogen-bond acceptors (Lipinski definition) is 5. The summed E-state index contributed by atoms with van der Waals surface area (Å²) in [5.41, 5.74) is 9.29. The second kappa shape index (κ2) is 10.0. The van der Waals surface area contributed by atoms with Gasteiger partial charge in [0.25, 0.3) is 0 Å². The molecule has 0 fully saturated rings. The predicted octanol–water partition coefficient (Wildman–Crippen LogP) is 5.00. The lowest BCUT2D eigenvalue weighted by molar-refractivity contribution is 0.0968. The van der Waals surface area contributed by atoms with E-state index in [2.05, 4.69) is 11.1 Å². The molecule has 0 radical (unpaired) electrons. The van der Waals surface area contributed by atoms with E-state index in [0.29, 0.717) is 28.3 Å². The number of halogens is 2. The number of ketones is 1. The molecule has 4 aromatic rings. The third kappa shape index (κ3) is 4.91. The summed E-state index contributed by atoms with van der Waals surface area (Å²) in [5, 5.41) is 9.01. The van der Waals surface area contributed by atoms with Crippen molar-refractivity contribution in [3.63, 3.8) is 0 Å². The summed E-state index contributed by atoms with van der Waals surface area (Å²) in [5.74, 6) is -1.45. The van der Waals surface area contributed by atoms with Crippen molar-refractivity contribution in [3.8, 4) is 11.8 Å². The van der Waals surface area contributed by atoms with Crippen LogP contribution in [0.2, 0.25) is 0 Å². The fraction of sp³-hybridized carbons (Fsp3) is 0.222. The summed E-state index contributed by atoms with van der Waals surface area (Å²) in [4.78, 5) is 17.9. The normalized spacial score (nSPS) is 11.9. The lowest BCUT2D eigenvalue weighted by Gasteiger charge is -2.15. The van der Waals surface area contributed by atoms with Gasteiger partial charge in [-0.05, 0) is 61.9 Å². The maximum atomic E-state index is 14.0. The second-order valence-corrected chi connectivity index (χ2v) is 8.40. The summed E-state index contributed by atoms with van der Waals surface area (Å²) in [7, 11) is 0. The quantitative estimate of drug-likeness (QED) is 0.363. The molecule has 178 valence electrons. The molecule has 2 aromatic carbocycles. The summed E-state index contributed by atoms with van der Waals surface area (Å²) in [6, 6.07) is 14.5. The van der Waals surface area contributed by atoms with Crippen molar-refractivity contribution in [1.82, 2.24) is 9.38 Å². The van der Waals surface area contributed by atoms with Crippen LogP contribution in [-0.2, 0) is 6.61 Å². The van der Waals surface area contributed by atoms with Crippen molar-refractivity contribution in [2.45, 2.75) is 32.8 Å². The first kappa shape index (κ1) is 24.0. The van der Waals surface area contributed by atoms with Crippen LogP contribution in [0.15, 0.2) is 54.7 Å². The van der Waals surface area contributed by atoms with Gasteiger partial charge in [-0.1, -0.05) is 18.2 Å². The number of nitrogens with two attached hydrogens (primary N) is 1. The lowest BCUT2D eigenvalue weighted by atomic mass is 9.92. The zero-order chi connectivity index (χ0) is 25.1. The number of Topliss-reactive ketones (excluding diaryl/α,β-unsaturated/α-hetero) is 1. The number of carbonyl (C=O) groups is 1. The number of pyridine rings is 1. The Labute approximate surface area is 201 Å². The minimum Gasteiger partial charge on any atom is -0.485 e. The zero-order valence-corrected chi connectivity index (χ0v) is 19.4. The fourth-order valence-electron chi connectivity index (χ4n) is 4.11. The molecule has 0 aliphatic heterocycles. The van der Waals surface area contributed by atoms with Gasteiger partial charge in [-0.15, -0.1) is 0 Å². The van der Waals surface area contributed by atoms with Gasteiger partial charge in [0.05, 0.1) is 22.9 Å². The first-order valence-corrected chi connectivity index (χ1v) is 11.1. The Hall–Kier alpha value is -4.09. The highest BCUT2D eigenvalue weighted by molar-refractivity contribution is 5.97. The first-order valence-electron chi connectivity index (χ1n) is 11.1. The van der Waals surface area contributed by atoms with E-state index >= 15 is 0 Å². The molecule has 1 unspecified atom stereocenters. The molecule has 2 heterocycles. The Morgan fingerprint density at radius 1 is 1.17 bits per heavy atom. The Morgan fingerprint density at radius 2 is 1.86 bits per heavy atom. The van der Waals surface area contributed by atoms with Crippen LogP contribution in [0, 0.1) is 36.8 Å². The number of imidazole rings is 1. The van der Waals surface area contributed by atoms with Gasteiger partial charge in [-0.3, -0.25) is 9.20 Å². The second-order valence-electron chi connectivity index (χ2n) is 8.40. The van der Waals surface area contributed by atoms with Crippen molar-refractivity contribution >= 4 is 11.4 Å². The molecule has 2 N–H and O–H groups in total. The number of ether oxygens (including phenoxy) is 1. The average Bonchev–Trinajstić information content (AvgIpc) is 3.17. The molecular formula is C27H24F2N4O2. The van der Waals surface area contributed by atoms with E-state index in [1.165, 1.54) is 18.2 Å². The van der Waals surface area contributed by atoms with E-state index in [1.54, 1.807) is 35.7 Å².